The molecule has 1 atom stereocenters. The third-order valence-electron chi connectivity index (χ3n) is 3.40. The molecule has 0 heterocycles. The summed E-state index contributed by atoms with van der Waals surface area (Å²) in [5.74, 6) is 0.510. The van der Waals surface area contributed by atoms with Crippen molar-refractivity contribution in [3.05, 3.63) is 64.2 Å². The van der Waals surface area contributed by atoms with Crippen LogP contribution in [0.25, 0.3) is 0 Å². The van der Waals surface area contributed by atoms with Gasteiger partial charge in [-0.1, -0.05) is 41.9 Å². The predicted octanol–water partition coefficient (Wildman–Crippen LogP) is 4.04. The van der Waals surface area contributed by atoms with Gasteiger partial charge in [0.1, 0.15) is 5.75 Å². The second kappa shape index (κ2) is 7.32. The molecular weight excluding hydrogens is 298 g/mol. The van der Waals surface area contributed by atoms with E-state index >= 15 is 0 Å². The average Bonchev–Trinajstić information content (AvgIpc) is 2.51. The van der Waals surface area contributed by atoms with Crippen molar-refractivity contribution in [2.24, 2.45) is 0 Å². The molecule has 0 aliphatic carbocycles. The molecule has 0 saturated heterocycles. The summed E-state index contributed by atoms with van der Waals surface area (Å²) in [6.07, 6.45) is -0.566. The monoisotopic (exact) mass is 317 g/mol. The molecule has 0 aliphatic rings. The molecule has 1 N–H and O–H groups in total. The maximum absolute atomic E-state index is 12.1. The number of hydrogen-bond acceptors (Lipinski definition) is 2. The van der Waals surface area contributed by atoms with Gasteiger partial charge in [-0.05, 0) is 49.6 Å². The molecule has 3 nitrogen and oxygen atoms in total. The lowest BCUT2D eigenvalue weighted by atomic mass is 10.1. The van der Waals surface area contributed by atoms with Crippen molar-refractivity contribution in [1.82, 2.24) is 5.32 Å². The standard InChI is InChI=1S/C18H20ClNO2/c1-12-9-16(10-13(2)17(12)19)22-14(3)18(21)20-11-15-7-5-4-6-8-15/h4-10,14H,11H2,1-3H3,(H,20,21)/t14-/m0/s1. The van der Waals surface area contributed by atoms with Gasteiger partial charge in [0.05, 0.1) is 0 Å². The van der Waals surface area contributed by atoms with Crippen molar-refractivity contribution in [1.29, 1.82) is 0 Å². The van der Waals surface area contributed by atoms with E-state index < -0.39 is 6.10 Å². The number of carbonyl (C=O) groups is 1. The van der Waals surface area contributed by atoms with Gasteiger partial charge in [-0.25, -0.2) is 0 Å². The zero-order chi connectivity index (χ0) is 16.1. The Balaban J connectivity index is 1.94. The highest BCUT2D eigenvalue weighted by Gasteiger charge is 2.15. The first-order valence-electron chi connectivity index (χ1n) is 7.22. The Kier molecular flexibility index (Phi) is 5.45. The molecule has 22 heavy (non-hydrogen) atoms. The minimum atomic E-state index is -0.566. The van der Waals surface area contributed by atoms with E-state index in [0.29, 0.717) is 12.3 Å². The maximum atomic E-state index is 12.1. The Labute approximate surface area is 136 Å². The number of amides is 1. The molecule has 0 saturated carbocycles. The summed E-state index contributed by atoms with van der Waals surface area (Å²) in [4.78, 5) is 12.1. The van der Waals surface area contributed by atoms with Crippen LogP contribution >= 0.6 is 11.6 Å². The van der Waals surface area contributed by atoms with Crippen LogP contribution in [0.15, 0.2) is 42.5 Å². The van der Waals surface area contributed by atoms with E-state index in [9.17, 15) is 4.79 Å². The molecule has 2 aromatic carbocycles. The summed E-state index contributed by atoms with van der Waals surface area (Å²) in [6.45, 7) is 6.07. The van der Waals surface area contributed by atoms with Gasteiger partial charge in [0.15, 0.2) is 6.10 Å². The van der Waals surface area contributed by atoms with Crippen molar-refractivity contribution >= 4 is 17.5 Å². The lowest BCUT2D eigenvalue weighted by Gasteiger charge is -2.16. The summed E-state index contributed by atoms with van der Waals surface area (Å²) in [7, 11) is 0. The largest absolute Gasteiger partial charge is 0.481 e. The molecule has 1 amide bonds. The van der Waals surface area contributed by atoms with E-state index in [0.717, 1.165) is 21.7 Å². The molecule has 0 fully saturated rings. The fourth-order valence-corrected chi connectivity index (χ4v) is 2.27. The highest BCUT2D eigenvalue weighted by atomic mass is 35.5. The zero-order valence-electron chi connectivity index (χ0n) is 13.0. The van der Waals surface area contributed by atoms with Gasteiger partial charge in [0.2, 0.25) is 0 Å². The van der Waals surface area contributed by atoms with Crippen LogP contribution < -0.4 is 10.1 Å². The van der Waals surface area contributed by atoms with Crippen molar-refractivity contribution in [3.8, 4) is 5.75 Å². The molecule has 116 valence electrons. The van der Waals surface area contributed by atoms with Crippen LogP contribution in [0.4, 0.5) is 0 Å². The summed E-state index contributed by atoms with van der Waals surface area (Å²) in [6, 6.07) is 13.5. The number of carbonyl (C=O) groups excluding carboxylic acids is 1. The molecule has 0 spiro atoms. The van der Waals surface area contributed by atoms with Gasteiger partial charge in [-0.3, -0.25) is 4.79 Å². The lowest BCUT2D eigenvalue weighted by Crippen LogP contribution is -2.35. The number of hydrogen-bond donors (Lipinski definition) is 1. The fourth-order valence-electron chi connectivity index (χ4n) is 2.16. The van der Waals surface area contributed by atoms with E-state index in [1.165, 1.54) is 0 Å². The SMILES string of the molecule is Cc1cc(O[C@@H](C)C(=O)NCc2ccccc2)cc(C)c1Cl. The Morgan fingerprint density at radius 2 is 1.77 bits per heavy atom. The number of nitrogens with one attached hydrogen (secondary N) is 1. The van der Waals surface area contributed by atoms with Crippen LogP contribution in [0.5, 0.6) is 5.75 Å². The van der Waals surface area contributed by atoms with Crippen LogP contribution in [0.3, 0.4) is 0 Å². The van der Waals surface area contributed by atoms with Crippen molar-refractivity contribution < 1.29 is 9.53 Å². The van der Waals surface area contributed by atoms with Gasteiger partial charge in [-0.2, -0.15) is 0 Å². The third-order valence-corrected chi connectivity index (χ3v) is 4.00. The Bertz CT molecular complexity index is 632. The Hall–Kier alpha value is -2.00. The Morgan fingerprint density at radius 3 is 2.36 bits per heavy atom. The van der Waals surface area contributed by atoms with Crippen molar-refractivity contribution in [3.63, 3.8) is 0 Å². The molecule has 2 aromatic rings. The molecular formula is C18H20ClNO2. The van der Waals surface area contributed by atoms with Crippen LogP contribution in [0.2, 0.25) is 5.02 Å². The molecule has 0 aromatic heterocycles. The molecule has 0 bridgehead atoms. The van der Waals surface area contributed by atoms with E-state index in [2.05, 4.69) is 5.32 Å². The molecule has 0 aliphatic heterocycles. The predicted molar refractivity (Wildman–Crippen MR) is 89.3 cm³/mol. The normalized spacial score (nSPS) is 11.8. The number of rotatable bonds is 5. The fraction of sp³-hybridized carbons (Fsp3) is 0.278. The smallest absolute Gasteiger partial charge is 0.261 e. The summed E-state index contributed by atoms with van der Waals surface area (Å²) >= 11 is 6.13. The highest BCUT2D eigenvalue weighted by molar-refractivity contribution is 6.32. The second-order valence-corrected chi connectivity index (χ2v) is 5.71. The first kappa shape index (κ1) is 16.4. The Morgan fingerprint density at radius 1 is 1.18 bits per heavy atom. The molecule has 0 unspecified atom stereocenters. The highest BCUT2D eigenvalue weighted by Crippen LogP contribution is 2.26. The maximum Gasteiger partial charge on any atom is 0.261 e. The molecule has 0 radical (unpaired) electrons. The van der Waals surface area contributed by atoms with Gasteiger partial charge in [-0.15, -0.1) is 0 Å². The first-order valence-corrected chi connectivity index (χ1v) is 7.60. The number of benzene rings is 2. The van der Waals surface area contributed by atoms with E-state index in [1.807, 2.05) is 56.3 Å². The zero-order valence-corrected chi connectivity index (χ0v) is 13.8. The van der Waals surface area contributed by atoms with Crippen LogP contribution in [0.1, 0.15) is 23.6 Å². The van der Waals surface area contributed by atoms with Gasteiger partial charge < -0.3 is 10.1 Å². The van der Waals surface area contributed by atoms with Gasteiger partial charge in [0.25, 0.3) is 5.91 Å². The number of halogens is 1. The van der Waals surface area contributed by atoms with Crippen molar-refractivity contribution in [2.45, 2.75) is 33.4 Å². The quantitative estimate of drug-likeness (QED) is 0.903. The minimum absolute atomic E-state index is 0.144. The minimum Gasteiger partial charge on any atom is -0.481 e. The van der Waals surface area contributed by atoms with E-state index in [1.54, 1.807) is 6.92 Å². The van der Waals surface area contributed by atoms with Gasteiger partial charge in [0, 0.05) is 11.6 Å². The van der Waals surface area contributed by atoms with Gasteiger partial charge >= 0.3 is 0 Å². The average molecular weight is 318 g/mol. The lowest BCUT2D eigenvalue weighted by molar-refractivity contribution is -0.127. The van der Waals surface area contributed by atoms with Crippen molar-refractivity contribution in [2.75, 3.05) is 0 Å². The summed E-state index contributed by atoms with van der Waals surface area (Å²) in [5, 5.41) is 3.60. The second-order valence-electron chi connectivity index (χ2n) is 5.33. The van der Waals surface area contributed by atoms with Crippen LogP contribution in [0, 0.1) is 13.8 Å². The van der Waals surface area contributed by atoms with Crippen LogP contribution in [-0.4, -0.2) is 12.0 Å². The summed E-state index contributed by atoms with van der Waals surface area (Å²) < 4.78 is 5.71. The molecule has 4 heteroatoms. The first-order chi connectivity index (χ1) is 10.5. The molecule has 2 rings (SSSR count). The van der Waals surface area contributed by atoms with Crippen LogP contribution in [-0.2, 0) is 11.3 Å². The third kappa shape index (κ3) is 4.25. The number of ether oxygens (including phenoxy) is 1. The van der Waals surface area contributed by atoms with E-state index in [4.69, 9.17) is 16.3 Å². The van der Waals surface area contributed by atoms with E-state index in [-0.39, 0.29) is 5.91 Å². The number of aryl methyl sites for hydroxylation is 2. The summed E-state index contributed by atoms with van der Waals surface area (Å²) in [5.41, 5.74) is 2.93. The topological polar surface area (TPSA) is 38.3 Å².